The summed E-state index contributed by atoms with van der Waals surface area (Å²) in [6.07, 6.45) is 4.77. The summed E-state index contributed by atoms with van der Waals surface area (Å²) in [5.41, 5.74) is 2.97. The third kappa shape index (κ3) is 3.44. The van der Waals surface area contributed by atoms with Crippen LogP contribution < -0.4 is 4.74 Å². The van der Waals surface area contributed by atoms with E-state index in [2.05, 4.69) is 6.07 Å². The van der Waals surface area contributed by atoms with Gasteiger partial charge in [-0.1, -0.05) is 55.2 Å². The zero-order valence-electron chi connectivity index (χ0n) is 14.8. The van der Waals surface area contributed by atoms with Crippen LogP contribution >= 0.6 is 0 Å². The molecule has 1 aliphatic carbocycles. The van der Waals surface area contributed by atoms with Gasteiger partial charge in [0.05, 0.1) is 11.0 Å². The van der Waals surface area contributed by atoms with Crippen molar-refractivity contribution in [1.82, 2.24) is 0 Å². The summed E-state index contributed by atoms with van der Waals surface area (Å²) < 4.78 is 5.76. The maximum Gasteiger partial charge on any atom is 0.321 e. The fraction of sp³-hybridized carbons (Fsp3) is 0.364. The Morgan fingerprint density at radius 3 is 2.28 bits per heavy atom. The second kappa shape index (κ2) is 7.11. The van der Waals surface area contributed by atoms with E-state index in [4.69, 9.17) is 4.74 Å². The smallest absolute Gasteiger partial charge is 0.321 e. The van der Waals surface area contributed by atoms with E-state index in [0.717, 1.165) is 43.2 Å². The quantitative estimate of drug-likeness (QED) is 0.588. The van der Waals surface area contributed by atoms with E-state index in [1.54, 1.807) is 12.1 Å². The summed E-state index contributed by atoms with van der Waals surface area (Å²) in [5.74, 6) is 0.117. The van der Waals surface area contributed by atoms with Crippen molar-refractivity contribution < 1.29 is 9.53 Å². The van der Waals surface area contributed by atoms with E-state index >= 15 is 0 Å². The molecular weight excluding hydrogens is 310 g/mol. The Hall–Kier alpha value is -2.60. The standard InChI is InChI=1S/C22H23NO2/c1-16-6-9-19(10-7-16)22(12-4-3-5-13-22)21(24)25-20-11-8-17(2)14-18(20)15-23/h6-11,14H,3-5,12-13H2,1-2H3. The van der Waals surface area contributed by atoms with E-state index in [1.165, 1.54) is 5.56 Å². The van der Waals surface area contributed by atoms with Crippen molar-refractivity contribution >= 4 is 5.97 Å². The van der Waals surface area contributed by atoms with Crippen molar-refractivity contribution in [1.29, 1.82) is 5.26 Å². The molecule has 1 aliphatic rings. The lowest BCUT2D eigenvalue weighted by atomic mass is 9.69. The molecule has 0 amide bonds. The Balaban J connectivity index is 1.96. The van der Waals surface area contributed by atoms with Gasteiger partial charge in [-0.3, -0.25) is 4.79 Å². The lowest BCUT2D eigenvalue weighted by Gasteiger charge is -2.35. The van der Waals surface area contributed by atoms with Crippen molar-refractivity contribution in [3.8, 4) is 11.8 Å². The summed E-state index contributed by atoms with van der Waals surface area (Å²) in [6.45, 7) is 3.96. The third-order valence-electron chi connectivity index (χ3n) is 5.16. The van der Waals surface area contributed by atoms with Crippen LogP contribution in [0.15, 0.2) is 42.5 Å². The summed E-state index contributed by atoms with van der Waals surface area (Å²) in [5, 5.41) is 9.34. The fourth-order valence-corrected chi connectivity index (χ4v) is 3.66. The zero-order valence-corrected chi connectivity index (χ0v) is 14.8. The minimum atomic E-state index is -0.608. The van der Waals surface area contributed by atoms with E-state index in [1.807, 2.05) is 44.2 Å². The van der Waals surface area contributed by atoms with Crippen LogP contribution in [0.5, 0.6) is 5.75 Å². The van der Waals surface area contributed by atoms with Gasteiger partial charge >= 0.3 is 5.97 Å². The minimum Gasteiger partial charge on any atom is -0.424 e. The van der Waals surface area contributed by atoms with Crippen LogP contribution in [0.4, 0.5) is 0 Å². The molecule has 0 aliphatic heterocycles. The van der Waals surface area contributed by atoms with Crippen LogP contribution in [0.25, 0.3) is 0 Å². The van der Waals surface area contributed by atoms with Crippen LogP contribution in [0.2, 0.25) is 0 Å². The average Bonchev–Trinajstić information content (AvgIpc) is 2.64. The molecule has 128 valence electrons. The van der Waals surface area contributed by atoms with Crippen molar-refractivity contribution in [2.24, 2.45) is 0 Å². The number of rotatable bonds is 3. The average molecular weight is 333 g/mol. The Bertz CT molecular complexity index is 809. The first-order valence-corrected chi connectivity index (χ1v) is 8.85. The topological polar surface area (TPSA) is 50.1 Å². The number of carbonyl (C=O) groups is 1. The van der Waals surface area contributed by atoms with Crippen LogP contribution in [-0.4, -0.2) is 5.97 Å². The number of nitrogens with zero attached hydrogens (tertiary/aromatic N) is 1. The molecule has 3 heteroatoms. The predicted molar refractivity (Wildman–Crippen MR) is 97.5 cm³/mol. The van der Waals surface area contributed by atoms with Crippen molar-refractivity contribution in [2.75, 3.05) is 0 Å². The minimum absolute atomic E-state index is 0.239. The van der Waals surface area contributed by atoms with Gasteiger partial charge < -0.3 is 4.74 Å². The second-order valence-corrected chi connectivity index (χ2v) is 7.01. The molecular formula is C22H23NO2. The first-order chi connectivity index (χ1) is 12.0. The van der Waals surface area contributed by atoms with Crippen LogP contribution in [0, 0.1) is 25.2 Å². The monoisotopic (exact) mass is 333 g/mol. The van der Waals surface area contributed by atoms with Crippen LogP contribution in [0.3, 0.4) is 0 Å². The molecule has 25 heavy (non-hydrogen) atoms. The van der Waals surface area contributed by atoms with Gasteiger partial charge in [0.1, 0.15) is 11.8 Å². The molecule has 0 spiro atoms. The van der Waals surface area contributed by atoms with E-state index < -0.39 is 5.41 Å². The number of hydrogen-bond donors (Lipinski definition) is 0. The zero-order chi connectivity index (χ0) is 17.9. The van der Waals surface area contributed by atoms with Crippen molar-refractivity contribution in [3.05, 3.63) is 64.7 Å². The third-order valence-corrected chi connectivity index (χ3v) is 5.16. The summed E-state index contributed by atoms with van der Waals surface area (Å²) >= 11 is 0. The number of hydrogen-bond acceptors (Lipinski definition) is 3. The van der Waals surface area contributed by atoms with Gasteiger partial charge in [0.25, 0.3) is 0 Å². The summed E-state index contributed by atoms with van der Waals surface area (Å²) in [6, 6.07) is 15.6. The van der Waals surface area contributed by atoms with Gasteiger partial charge in [0, 0.05) is 0 Å². The highest BCUT2D eigenvalue weighted by atomic mass is 16.5. The SMILES string of the molecule is Cc1ccc(C2(C(=O)Oc3ccc(C)cc3C#N)CCCCC2)cc1. The van der Waals surface area contributed by atoms with Gasteiger partial charge in [-0.25, -0.2) is 0 Å². The highest BCUT2D eigenvalue weighted by molar-refractivity contribution is 5.85. The van der Waals surface area contributed by atoms with E-state index in [-0.39, 0.29) is 5.97 Å². The fourth-order valence-electron chi connectivity index (χ4n) is 3.66. The molecule has 1 fully saturated rings. The number of carbonyl (C=O) groups excluding carboxylic acids is 1. The molecule has 3 nitrogen and oxygen atoms in total. The predicted octanol–water partition coefficient (Wildman–Crippen LogP) is 4.98. The van der Waals surface area contributed by atoms with E-state index in [9.17, 15) is 10.1 Å². The summed E-state index contributed by atoms with van der Waals surface area (Å²) in [7, 11) is 0. The molecule has 0 heterocycles. The molecule has 0 saturated heterocycles. The number of ether oxygens (including phenoxy) is 1. The van der Waals surface area contributed by atoms with Gasteiger partial charge in [0.2, 0.25) is 0 Å². The number of benzene rings is 2. The van der Waals surface area contributed by atoms with Gasteiger partial charge in [-0.15, -0.1) is 0 Å². The first-order valence-electron chi connectivity index (χ1n) is 8.85. The largest absolute Gasteiger partial charge is 0.424 e. The van der Waals surface area contributed by atoms with Crippen molar-refractivity contribution in [3.63, 3.8) is 0 Å². The number of nitriles is 1. The van der Waals surface area contributed by atoms with Crippen LogP contribution in [-0.2, 0) is 10.2 Å². The second-order valence-electron chi connectivity index (χ2n) is 7.01. The molecule has 3 rings (SSSR count). The maximum atomic E-state index is 13.2. The van der Waals surface area contributed by atoms with Crippen molar-refractivity contribution in [2.45, 2.75) is 51.4 Å². The Kier molecular flexibility index (Phi) is 4.90. The molecule has 0 unspecified atom stereocenters. The molecule has 0 atom stereocenters. The van der Waals surface area contributed by atoms with Gasteiger partial charge in [0.15, 0.2) is 0 Å². The molecule has 2 aromatic rings. The van der Waals surface area contributed by atoms with Gasteiger partial charge in [-0.2, -0.15) is 5.26 Å². The Morgan fingerprint density at radius 2 is 1.64 bits per heavy atom. The Morgan fingerprint density at radius 1 is 1.00 bits per heavy atom. The Labute approximate surface area is 149 Å². The molecule has 0 N–H and O–H groups in total. The maximum absolute atomic E-state index is 13.2. The molecule has 0 bridgehead atoms. The lowest BCUT2D eigenvalue weighted by molar-refractivity contribution is -0.142. The molecule has 2 aromatic carbocycles. The highest BCUT2D eigenvalue weighted by Gasteiger charge is 2.43. The molecule has 0 aromatic heterocycles. The van der Waals surface area contributed by atoms with Crippen LogP contribution in [0.1, 0.15) is 54.4 Å². The normalized spacial score (nSPS) is 16.0. The van der Waals surface area contributed by atoms with Gasteiger partial charge in [-0.05, 0) is 49.9 Å². The first kappa shape index (κ1) is 17.2. The molecule has 1 saturated carbocycles. The number of aryl methyl sites for hydroxylation is 2. The lowest BCUT2D eigenvalue weighted by Crippen LogP contribution is -2.41. The highest BCUT2D eigenvalue weighted by Crippen LogP contribution is 2.41. The molecule has 0 radical (unpaired) electrons. The summed E-state index contributed by atoms with van der Waals surface area (Å²) in [4.78, 5) is 13.2. The number of esters is 1. The van der Waals surface area contributed by atoms with E-state index in [0.29, 0.717) is 11.3 Å².